The molecular formula is C31H26N2O3. The van der Waals surface area contributed by atoms with E-state index in [4.69, 9.17) is 0 Å². The highest BCUT2D eigenvalue weighted by Crippen LogP contribution is 2.28. The number of fused-ring (bicyclic) bond motifs is 1. The quantitative estimate of drug-likeness (QED) is 0.379. The van der Waals surface area contributed by atoms with Gasteiger partial charge in [0.25, 0.3) is 11.8 Å². The molecule has 0 fully saturated rings. The Morgan fingerprint density at radius 1 is 0.694 bits per heavy atom. The van der Waals surface area contributed by atoms with Gasteiger partial charge in [-0.2, -0.15) is 0 Å². The summed E-state index contributed by atoms with van der Waals surface area (Å²) in [5, 5.41) is 3.15. The van der Waals surface area contributed by atoms with E-state index in [1.807, 2.05) is 91.9 Å². The Bertz CT molecular complexity index is 1360. The van der Waals surface area contributed by atoms with Crippen molar-refractivity contribution in [3.63, 3.8) is 0 Å². The van der Waals surface area contributed by atoms with Gasteiger partial charge in [0, 0.05) is 6.42 Å². The number of carbonyl (C=O) groups excluding carboxylic acids is 3. The highest BCUT2D eigenvalue weighted by Gasteiger charge is 2.43. The molecule has 3 amide bonds. The van der Waals surface area contributed by atoms with Crippen LogP contribution < -0.4 is 5.32 Å². The zero-order chi connectivity index (χ0) is 25.1. The van der Waals surface area contributed by atoms with E-state index in [1.54, 1.807) is 24.3 Å². The molecule has 1 aliphatic heterocycles. The molecule has 4 aromatic rings. The Morgan fingerprint density at radius 2 is 1.19 bits per heavy atom. The predicted molar refractivity (Wildman–Crippen MR) is 138 cm³/mol. The summed E-state index contributed by atoms with van der Waals surface area (Å²) in [4.78, 5) is 41.7. The van der Waals surface area contributed by atoms with Gasteiger partial charge in [0.1, 0.15) is 6.04 Å². The van der Waals surface area contributed by atoms with Gasteiger partial charge in [-0.15, -0.1) is 0 Å². The van der Waals surface area contributed by atoms with Crippen LogP contribution in [0.5, 0.6) is 0 Å². The smallest absolute Gasteiger partial charge is 0.262 e. The van der Waals surface area contributed by atoms with E-state index >= 15 is 0 Å². The fourth-order valence-electron chi connectivity index (χ4n) is 4.63. The Labute approximate surface area is 210 Å². The van der Waals surface area contributed by atoms with Crippen molar-refractivity contribution in [2.45, 2.75) is 25.4 Å². The van der Waals surface area contributed by atoms with Gasteiger partial charge in [-0.25, -0.2) is 0 Å². The maximum absolute atomic E-state index is 13.9. The number of hydrogen-bond donors (Lipinski definition) is 1. The first-order chi connectivity index (χ1) is 17.5. The number of imide groups is 1. The molecule has 36 heavy (non-hydrogen) atoms. The predicted octanol–water partition coefficient (Wildman–Crippen LogP) is 5.11. The van der Waals surface area contributed by atoms with Gasteiger partial charge < -0.3 is 5.32 Å². The zero-order valence-electron chi connectivity index (χ0n) is 19.9. The monoisotopic (exact) mass is 474 g/mol. The molecule has 1 N–H and O–H groups in total. The largest absolute Gasteiger partial charge is 0.343 e. The third-order valence-corrected chi connectivity index (χ3v) is 6.54. The topological polar surface area (TPSA) is 66.5 Å². The molecule has 4 aromatic carbocycles. The zero-order valence-corrected chi connectivity index (χ0v) is 19.9. The van der Waals surface area contributed by atoms with Crippen LogP contribution in [0.3, 0.4) is 0 Å². The van der Waals surface area contributed by atoms with Crippen LogP contribution in [0.4, 0.5) is 0 Å². The third kappa shape index (κ3) is 4.56. The number of aryl methyl sites for hydroxylation is 1. The number of nitrogens with one attached hydrogen (secondary N) is 1. The first kappa shape index (κ1) is 23.2. The fraction of sp³-hybridized carbons (Fsp3) is 0.129. The van der Waals surface area contributed by atoms with Crippen LogP contribution in [0.2, 0.25) is 0 Å². The maximum Gasteiger partial charge on any atom is 0.262 e. The molecule has 178 valence electrons. The van der Waals surface area contributed by atoms with Crippen molar-refractivity contribution >= 4 is 17.7 Å². The van der Waals surface area contributed by atoms with Crippen LogP contribution in [0.15, 0.2) is 109 Å². The standard InChI is InChI=1S/C31H26N2O3/c1-21-16-18-24(19-17-21)28(23-12-6-3-7-13-23)32-29(34)27(20-22-10-4-2-5-11-22)33-30(35)25-14-8-9-15-26(25)31(33)36/h2-19,27-28H,20H2,1H3,(H,32,34)/t27-,28+/m1/s1. The molecule has 5 rings (SSSR count). The molecule has 2 atom stereocenters. The van der Waals surface area contributed by atoms with Gasteiger partial charge in [0.05, 0.1) is 17.2 Å². The van der Waals surface area contributed by atoms with Gasteiger partial charge in [-0.05, 0) is 35.7 Å². The van der Waals surface area contributed by atoms with Gasteiger partial charge in [0.15, 0.2) is 0 Å². The highest BCUT2D eigenvalue weighted by molar-refractivity contribution is 6.22. The molecule has 0 radical (unpaired) electrons. The average Bonchev–Trinajstić information content (AvgIpc) is 3.17. The van der Waals surface area contributed by atoms with Crippen LogP contribution >= 0.6 is 0 Å². The summed E-state index contributed by atoms with van der Waals surface area (Å²) in [5.74, 6) is -1.28. The normalized spacial score (nSPS) is 14.3. The first-order valence-electron chi connectivity index (χ1n) is 12.0. The highest BCUT2D eigenvalue weighted by atomic mass is 16.2. The van der Waals surface area contributed by atoms with Crippen LogP contribution in [-0.4, -0.2) is 28.7 Å². The average molecular weight is 475 g/mol. The summed E-state index contributed by atoms with van der Waals surface area (Å²) >= 11 is 0. The van der Waals surface area contributed by atoms with Gasteiger partial charge >= 0.3 is 0 Å². The van der Waals surface area contributed by atoms with E-state index in [0.29, 0.717) is 11.1 Å². The summed E-state index contributed by atoms with van der Waals surface area (Å²) in [6.07, 6.45) is 0.216. The van der Waals surface area contributed by atoms with E-state index in [1.165, 1.54) is 0 Å². The molecule has 1 heterocycles. The van der Waals surface area contributed by atoms with Crippen molar-refractivity contribution in [3.8, 4) is 0 Å². The first-order valence-corrected chi connectivity index (χ1v) is 12.0. The minimum atomic E-state index is -1.00. The fourth-order valence-corrected chi connectivity index (χ4v) is 4.63. The van der Waals surface area contributed by atoms with Crippen LogP contribution in [0.1, 0.15) is 49.0 Å². The van der Waals surface area contributed by atoms with Crippen molar-refractivity contribution in [2.24, 2.45) is 0 Å². The second-order valence-electron chi connectivity index (χ2n) is 8.99. The van der Waals surface area contributed by atoms with Crippen LogP contribution in [0, 0.1) is 6.92 Å². The molecule has 0 bridgehead atoms. The van der Waals surface area contributed by atoms with E-state index in [2.05, 4.69) is 5.32 Å². The maximum atomic E-state index is 13.9. The van der Waals surface area contributed by atoms with E-state index in [0.717, 1.165) is 27.2 Å². The van der Waals surface area contributed by atoms with E-state index < -0.39 is 23.9 Å². The lowest BCUT2D eigenvalue weighted by Crippen LogP contribution is -2.51. The molecular weight excluding hydrogens is 448 g/mol. The molecule has 0 aromatic heterocycles. The molecule has 0 saturated carbocycles. The molecule has 5 heteroatoms. The van der Waals surface area contributed by atoms with Crippen LogP contribution in [-0.2, 0) is 11.2 Å². The summed E-state index contributed by atoms with van der Waals surface area (Å²) in [6, 6.07) is 32.4. The Balaban J connectivity index is 1.52. The number of rotatable bonds is 7. The van der Waals surface area contributed by atoms with Gasteiger partial charge in [-0.1, -0.05) is 103 Å². The number of nitrogens with zero attached hydrogens (tertiary/aromatic N) is 1. The Kier molecular flexibility index (Phi) is 6.46. The van der Waals surface area contributed by atoms with Gasteiger partial charge in [-0.3, -0.25) is 19.3 Å². The van der Waals surface area contributed by atoms with Crippen molar-refractivity contribution in [1.29, 1.82) is 0 Å². The van der Waals surface area contributed by atoms with Gasteiger partial charge in [0.2, 0.25) is 5.91 Å². The number of benzene rings is 4. The molecule has 0 aliphatic carbocycles. The summed E-state index contributed by atoms with van der Waals surface area (Å²) in [7, 11) is 0. The SMILES string of the molecule is Cc1ccc([C@@H](NC(=O)[C@@H](Cc2ccccc2)N2C(=O)c3ccccc3C2=O)c2ccccc2)cc1. The lowest BCUT2D eigenvalue weighted by atomic mass is 9.96. The number of carbonyl (C=O) groups is 3. The summed E-state index contributed by atoms with van der Waals surface area (Å²) in [5.41, 5.74) is 4.46. The minimum Gasteiger partial charge on any atom is -0.343 e. The molecule has 0 spiro atoms. The van der Waals surface area contributed by atoms with Crippen molar-refractivity contribution in [3.05, 3.63) is 143 Å². The summed E-state index contributed by atoms with van der Waals surface area (Å²) < 4.78 is 0. The van der Waals surface area contributed by atoms with Crippen molar-refractivity contribution < 1.29 is 14.4 Å². The molecule has 0 saturated heterocycles. The number of amides is 3. The van der Waals surface area contributed by atoms with E-state index in [9.17, 15) is 14.4 Å². The Morgan fingerprint density at radius 3 is 1.78 bits per heavy atom. The van der Waals surface area contributed by atoms with Crippen molar-refractivity contribution in [1.82, 2.24) is 10.2 Å². The van der Waals surface area contributed by atoms with E-state index in [-0.39, 0.29) is 12.3 Å². The minimum absolute atomic E-state index is 0.216. The second kappa shape index (κ2) is 10.0. The molecule has 0 unspecified atom stereocenters. The third-order valence-electron chi connectivity index (χ3n) is 6.54. The molecule has 1 aliphatic rings. The van der Waals surface area contributed by atoms with Crippen LogP contribution in [0.25, 0.3) is 0 Å². The number of hydrogen-bond acceptors (Lipinski definition) is 3. The lowest BCUT2D eigenvalue weighted by molar-refractivity contribution is -0.125. The van der Waals surface area contributed by atoms with Crippen molar-refractivity contribution in [2.75, 3.05) is 0 Å². The molecule has 5 nitrogen and oxygen atoms in total. The lowest BCUT2D eigenvalue weighted by Gasteiger charge is -2.28. The summed E-state index contributed by atoms with van der Waals surface area (Å²) in [6.45, 7) is 2.01. The Hall–Kier alpha value is -4.51. The second-order valence-corrected chi connectivity index (χ2v) is 8.99.